The number of carbonyl (C=O) groups is 2. The Balaban J connectivity index is 1.57. The second kappa shape index (κ2) is 10.0. The highest BCUT2D eigenvalue weighted by atomic mass is 16.2. The van der Waals surface area contributed by atoms with E-state index in [0.717, 1.165) is 32.5 Å². The van der Waals surface area contributed by atoms with Crippen molar-refractivity contribution in [1.29, 1.82) is 0 Å². The maximum atomic E-state index is 11.8. The van der Waals surface area contributed by atoms with Crippen LogP contribution in [0.15, 0.2) is 30.3 Å². The van der Waals surface area contributed by atoms with Crippen molar-refractivity contribution < 1.29 is 9.59 Å². The van der Waals surface area contributed by atoms with Crippen LogP contribution < -0.4 is 10.6 Å². The van der Waals surface area contributed by atoms with E-state index >= 15 is 0 Å². The molecule has 0 saturated carbocycles. The van der Waals surface area contributed by atoms with E-state index in [1.165, 1.54) is 10.5 Å². The molecule has 2 rings (SSSR count). The van der Waals surface area contributed by atoms with Gasteiger partial charge in [-0.05, 0) is 37.4 Å². The first-order valence-electron chi connectivity index (χ1n) is 9.02. The fourth-order valence-corrected chi connectivity index (χ4v) is 3.00. The fourth-order valence-electron chi connectivity index (χ4n) is 3.00. The molecule has 0 aromatic heterocycles. The molecule has 6 heteroatoms. The molecule has 3 amide bonds. The van der Waals surface area contributed by atoms with Crippen molar-refractivity contribution >= 4 is 11.9 Å². The zero-order valence-electron chi connectivity index (χ0n) is 15.3. The van der Waals surface area contributed by atoms with Crippen molar-refractivity contribution in [3.63, 3.8) is 0 Å². The number of rotatable bonds is 7. The molecule has 1 aliphatic rings. The largest absolute Gasteiger partial charge is 0.349 e. The molecule has 6 nitrogen and oxygen atoms in total. The van der Waals surface area contributed by atoms with Crippen LogP contribution in [-0.2, 0) is 11.3 Å². The second-order valence-electron chi connectivity index (χ2n) is 6.88. The van der Waals surface area contributed by atoms with E-state index in [4.69, 9.17) is 0 Å². The van der Waals surface area contributed by atoms with Gasteiger partial charge in [0.25, 0.3) is 0 Å². The van der Waals surface area contributed by atoms with Gasteiger partial charge >= 0.3 is 6.03 Å². The van der Waals surface area contributed by atoms with Crippen LogP contribution in [0.3, 0.4) is 0 Å². The Morgan fingerprint density at radius 2 is 1.80 bits per heavy atom. The van der Waals surface area contributed by atoms with E-state index in [2.05, 4.69) is 39.8 Å². The lowest BCUT2D eigenvalue weighted by Gasteiger charge is -2.32. The number of benzene rings is 1. The fraction of sp³-hybridized carbons (Fsp3) is 0.579. The van der Waals surface area contributed by atoms with Crippen LogP contribution in [0, 0.1) is 5.92 Å². The van der Waals surface area contributed by atoms with Crippen LogP contribution >= 0.6 is 0 Å². The lowest BCUT2D eigenvalue weighted by Crippen LogP contribution is -2.42. The normalized spacial score (nSPS) is 15.6. The van der Waals surface area contributed by atoms with E-state index in [0.29, 0.717) is 25.4 Å². The molecular weight excluding hydrogens is 316 g/mol. The summed E-state index contributed by atoms with van der Waals surface area (Å²) in [6, 6.07) is 10.4. The minimum Gasteiger partial charge on any atom is -0.349 e. The Labute approximate surface area is 150 Å². The van der Waals surface area contributed by atoms with Gasteiger partial charge in [-0.25, -0.2) is 4.79 Å². The Morgan fingerprint density at radius 3 is 2.44 bits per heavy atom. The zero-order chi connectivity index (χ0) is 18.1. The highest BCUT2D eigenvalue weighted by molar-refractivity contribution is 5.77. The molecular formula is C19H30N4O2. The van der Waals surface area contributed by atoms with Crippen molar-refractivity contribution in [1.82, 2.24) is 20.4 Å². The molecule has 138 valence electrons. The number of nitrogens with zero attached hydrogens (tertiary/aromatic N) is 2. The summed E-state index contributed by atoms with van der Waals surface area (Å²) in [4.78, 5) is 27.2. The maximum Gasteiger partial charge on any atom is 0.314 e. The number of nitrogens with one attached hydrogen (secondary N) is 2. The molecule has 1 aliphatic heterocycles. The summed E-state index contributed by atoms with van der Waals surface area (Å²) >= 11 is 0. The third-order valence-electron chi connectivity index (χ3n) is 4.63. The summed E-state index contributed by atoms with van der Waals surface area (Å²) in [7, 11) is 3.43. The Kier molecular flexibility index (Phi) is 7.73. The van der Waals surface area contributed by atoms with Crippen molar-refractivity contribution in [2.45, 2.75) is 25.8 Å². The quantitative estimate of drug-likeness (QED) is 0.789. The van der Waals surface area contributed by atoms with E-state index in [-0.39, 0.29) is 11.9 Å². The summed E-state index contributed by atoms with van der Waals surface area (Å²) in [5.41, 5.74) is 1.35. The van der Waals surface area contributed by atoms with Gasteiger partial charge in [0.1, 0.15) is 0 Å². The second-order valence-corrected chi connectivity index (χ2v) is 6.88. The summed E-state index contributed by atoms with van der Waals surface area (Å²) in [5, 5.41) is 5.67. The van der Waals surface area contributed by atoms with Gasteiger partial charge in [-0.3, -0.25) is 9.69 Å². The molecule has 0 atom stereocenters. The Hall–Kier alpha value is -2.08. The molecule has 0 aliphatic carbocycles. The van der Waals surface area contributed by atoms with Gasteiger partial charge in [0.15, 0.2) is 0 Å². The molecule has 2 N–H and O–H groups in total. The third kappa shape index (κ3) is 7.13. The van der Waals surface area contributed by atoms with Crippen LogP contribution in [0.5, 0.6) is 0 Å². The SMILES string of the molecule is CN(C)C(=O)CCNC(=O)NCC1CCN(Cc2ccccc2)CC1. The first kappa shape index (κ1) is 19.2. The van der Waals surface area contributed by atoms with Gasteiger partial charge in [0.2, 0.25) is 5.91 Å². The maximum absolute atomic E-state index is 11.8. The number of piperidine rings is 1. The molecule has 0 spiro atoms. The monoisotopic (exact) mass is 346 g/mol. The number of likely N-dealkylation sites (tertiary alicyclic amines) is 1. The summed E-state index contributed by atoms with van der Waals surface area (Å²) in [5.74, 6) is 0.548. The van der Waals surface area contributed by atoms with Crippen LogP contribution in [0.25, 0.3) is 0 Å². The Morgan fingerprint density at radius 1 is 1.12 bits per heavy atom. The van der Waals surface area contributed by atoms with Crippen molar-refractivity contribution in [2.24, 2.45) is 5.92 Å². The smallest absolute Gasteiger partial charge is 0.314 e. The summed E-state index contributed by atoms with van der Waals surface area (Å²) in [6.07, 6.45) is 2.54. The van der Waals surface area contributed by atoms with Crippen LogP contribution in [-0.4, -0.2) is 62.0 Å². The minimum atomic E-state index is -0.182. The molecule has 0 unspecified atom stereocenters. The summed E-state index contributed by atoms with van der Waals surface area (Å²) in [6.45, 7) is 4.22. The molecule has 1 saturated heterocycles. The zero-order valence-corrected chi connectivity index (χ0v) is 15.3. The van der Waals surface area contributed by atoms with E-state index in [9.17, 15) is 9.59 Å². The van der Waals surface area contributed by atoms with Gasteiger partial charge < -0.3 is 15.5 Å². The molecule has 1 aromatic rings. The highest BCUT2D eigenvalue weighted by Crippen LogP contribution is 2.18. The number of amides is 3. The average Bonchev–Trinajstić information content (AvgIpc) is 2.62. The molecule has 1 aromatic carbocycles. The molecule has 25 heavy (non-hydrogen) atoms. The number of carbonyl (C=O) groups excluding carboxylic acids is 2. The molecule has 1 heterocycles. The molecule has 0 bridgehead atoms. The van der Waals surface area contributed by atoms with E-state index in [1.54, 1.807) is 14.1 Å². The van der Waals surface area contributed by atoms with E-state index in [1.807, 2.05) is 6.07 Å². The van der Waals surface area contributed by atoms with Crippen LogP contribution in [0.2, 0.25) is 0 Å². The number of urea groups is 1. The first-order valence-corrected chi connectivity index (χ1v) is 9.02. The minimum absolute atomic E-state index is 0.0195. The van der Waals surface area contributed by atoms with Crippen molar-refractivity contribution in [3.8, 4) is 0 Å². The lowest BCUT2D eigenvalue weighted by atomic mass is 9.96. The predicted molar refractivity (Wildman–Crippen MR) is 99.2 cm³/mol. The van der Waals surface area contributed by atoms with Gasteiger partial charge in [0, 0.05) is 40.2 Å². The van der Waals surface area contributed by atoms with Crippen LogP contribution in [0.1, 0.15) is 24.8 Å². The Bertz CT molecular complexity index is 540. The first-order chi connectivity index (χ1) is 12.0. The summed E-state index contributed by atoms with van der Waals surface area (Å²) < 4.78 is 0. The van der Waals surface area contributed by atoms with Crippen LogP contribution in [0.4, 0.5) is 4.79 Å². The average molecular weight is 346 g/mol. The van der Waals surface area contributed by atoms with E-state index < -0.39 is 0 Å². The molecule has 0 radical (unpaired) electrons. The number of hydrogen-bond donors (Lipinski definition) is 2. The van der Waals surface area contributed by atoms with Gasteiger partial charge in [-0.2, -0.15) is 0 Å². The van der Waals surface area contributed by atoms with Gasteiger partial charge in [-0.15, -0.1) is 0 Å². The topological polar surface area (TPSA) is 64.7 Å². The highest BCUT2D eigenvalue weighted by Gasteiger charge is 2.19. The molecule has 1 fully saturated rings. The standard InChI is InChI=1S/C19H30N4O2/c1-22(2)18(24)8-11-20-19(25)21-14-16-9-12-23(13-10-16)15-17-6-4-3-5-7-17/h3-7,16H,8-15H2,1-2H3,(H2,20,21,25). The predicted octanol–water partition coefficient (Wildman–Crippen LogP) is 1.68. The number of hydrogen-bond acceptors (Lipinski definition) is 3. The van der Waals surface area contributed by atoms with Crippen molar-refractivity contribution in [3.05, 3.63) is 35.9 Å². The van der Waals surface area contributed by atoms with Gasteiger partial charge in [-0.1, -0.05) is 30.3 Å². The van der Waals surface area contributed by atoms with Crippen molar-refractivity contribution in [2.75, 3.05) is 40.3 Å². The lowest BCUT2D eigenvalue weighted by molar-refractivity contribution is -0.128. The van der Waals surface area contributed by atoms with Gasteiger partial charge in [0.05, 0.1) is 0 Å². The third-order valence-corrected chi connectivity index (χ3v) is 4.63.